The van der Waals surface area contributed by atoms with E-state index in [0.717, 1.165) is 29.1 Å². The second-order valence-electron chi connectivity index (χ2n) is 17.6. The third kappa shape index (κ3) is 19.2. The number of esters is 1. The number of nitrogens with zero attached hydrogens (tertiary/aromatic N) is 1. The van der Waals surface area contributed by atoms with Crippen molar-refractivity contribution < 1.29 is 57.6 Å². The van der Waals surface area contributed by atoms with E-state index in [2.05, 4.69) is 22.5 Å². The molecule has 2 aliphatic heterocycles. The lowest BCUT2D eigenvalue weighted by Gasteiger charge is -2.36. The number of epoxide rings is 1. The molecule has 8 atom stereocenters. The Hall–Kier alpha value is -2.87. The molecule has 2 amide bonds. The van der Waals surface area contributed by atoms with Crippen molar-refractivity contribution in [1.29, 1.82) is 0 Å². The Bertz CT molecular complexity index is 1710. The Morgan fingerprint density at radius 3 is 2.40 bits per heavy atom. The van der Waals surface area contributed by atoms with Crippen molar-refractivity contribution in [2.75, 3.05) is 51.1 Å². The van der Waals surface area contributed by atoms with Crippen LogP contribution in [0.2, 0.25) is 0 Å². The van der Waals surface area contributed by atoms with E-state index >= 15 is 0 Å². The van der Waals surface area contributed by atoms with Crippen molar-refractivity contribution in [1.82, 2.24) is 15.6 Å². The van der Waals surface area contributed by atoms with Crippen molar-refractivity contribution in [3.63, 3.8) is 0 Å². The summed E-state index contributed by atoms with van der Waals surface area (Å²) in [5, 5.41) is 20.2. The zero-order valence-corrected chi connectivity index (χ0v) is 41.1. The first kappa shape index (κ1) is 54.5. The van der Waals surface area contributed by atoms with Gasteiger partial charge in [-0.2, -0.15) is 0 Å². The summed E-state index contributed by atoms with van der Waals surface area (Å²) in [6.07, 6.45) is 2.25. The van der Waals surface area contributed by atoms with E-state index in [-0.39, 0.29) is 79.4 Å². The van der Waals surface area contributed by atoms with E-state index in [4.69, 9.17) is 23.7 Å². The largest absolute Gasteiger partial charge is 0.465 e. The molecular weight excluding hydrogens is 871 g/mol. The number of hydrogen-bond donors (Lipinski definition) is 3. The molecule has 1 aromatic rings. The number of amides is 2. The van der Waals surface area contributed by atoms with Gasteiger partial charge in [0.25, 0.3) is 0 Å². The smallest absolute Gasteiger partial charge is 0.407 e. The summed E-state index contributed by atoms with van der Waals surface area (Å²) in [5.74, 6) is -1.64. The molecule has 3 N–H and O–H groups in total. The number of thiazole rings is 1. The van der Waals surface area contributed by atoms with Crippen molar-refractivity contribution >= 4 is 74.3 Å². The highest BCUT2D eigenvalue weighted by molar-refractivity contribution is 8.76. The topological polar surface area (TPSA) is 209 Å². The first-order chi connectivity index (χ1) is 29.7. The summed E-state index contributed by atoms with van der Waals surface area (Å²) < 4.78 is 28.2. The normalized spacial score (nSPS) is 26.2. The summed E-state index contributed by atoms with van der Waals surface area (Å²) >= 11 is 1.55. The fourth-order valence-electron chi connectivity index (χ4n) is 7.44. The Labute approximate surface area is 385 Å². The molecule has 1 aromatic heterocycles. The number of carbonyl (C=O) groups excluding carboxylic acids is 6. The van der Waals surface area contributed by atoms with Crippen molar-refractivity contribution in [3.8, 4) is 0 Å². The summed E-state index contributed by atoms with van der Waals surface area (Å²) in [6, 6.07) is -0.346. The third-order valence-electron chi connectivity index (χ3n) is 11.7. The van der Waals surface area contributed by atoms with Gasteiger partial charge >= 0.3 is 12.1 Å². The number of aryl methyl sites for hydroxylation is 1. The predicted octanol–water partition coefficient (Wildman–Crippen LogP) is 6.71. The van der Waals surface area contributed by atoms with Gasteiger partial charge in [0.15, 0.2) is 0 Å². The minimum Gasteiger partial charge on any atom is -0.465 e. The molecule has 18 heteroatoms. The maximum atomic E-state index is 14.1. The van der Waals surface area contributed by atoms with Crippen LogP contribution in [0.4, 0.5) is 4.79 Å². The molecule has 0 unspecified atom stereocenters. The van der Waals surface area contributed by atoms with Crippen LogP contribution in [0, 0.1) is 30.1 Å². The van der Waals surface area contributed by atoms with Crippen molar-refractivity contribution in [3.05, 3.63) is 21.7 Å². The number of rotatable bonds is 22. The van der Waals surface area contributed by atoms with Crippen LogP contribution in [0.15, 0.2) is 11.0 Å². The molecule has 15 nitrogen and oxygen atoms in total. The molecule has 2 aliphatic rings. The molecule has 2 saturated heterocycles. The number of nitrogens with one attached hydrogen (secondary N) is 2. The standard InChI is InChI=1S/C45H71N3O12S3/c1-28-11-10-14-45(9)38(60-45)25-36(29(2)23-34-27-61-33(6)47-34)48-39(52)26-37(51)44(7,8)41(53)32(5)40(28)59-43(55)46-15-21-62-63-22-20-58-42(54)30(3)24-35(50)13-17-57-19-18-56-16-12-31(4)49/h23,27-28,30,32,36-38,40,51H,10-22,24-26H2,1-9H3,(H,46,55)(H,48,52)/b29-23+/t28-,30-,32+,36-,37-,38-,40-,45+/m0/s1. The average molecular weight is 942 g/mol. The molecule has 0 bridgehead atoms. The molecular formula is C45H71N3O12S3. The lowest BCUT2D eigenvalue weighted by atomic mass is 9.72. The monoisotopic (exact) mass is 941 g/mol. The average Bonchev–Trinajstić information content (AvgIpc) is 3.66. The Kier molecular flexibility index (Phi) is 23.3. The summed E-state index contributed by atoms with van der Waals surface area (Å²) in [4.78, 5) is 80.8. The number of Topliss-reactive ketones (excluding diaryl/α,β-unsaturated/α-hetero) is 3. The zero-order valence-electron chi connectivity index (χ0n) is 38.6. The van der Waals surface area contributed by atoms with Crippen LogP contribution in [0.1, 0.15) is 117 Å². The molecule has 356 valence electrons. The molecule has 63 heavy (non-hydrogen) atoms. The minimum atomic E-state index is -1.31. The molecule has 0 aliphatic carbocycles. The van der Waals surface area contributed by atoms with Gasteiger partial charge in [0.05, 0.1) is 84.7 Å². The maximum Gasteiger partial charge on any atom is 0.407 e. The second kappa shape index (κ2) is 26.9. The highest BCUT2D eigenvalue weighted by atomic mass is 33.1. The van der Waals surface area contributed by atoms with Crippen molar-refractivity contribution in [2.24, 2.45) is 23.2 Å². The number of fused-ring (bicyclic) bond motifs is 1. The van der Waals surface area contributed by atoms with Gasteiger partial charge in [0.1, 0.15) is 30.1 Å². The van der Waals surface area contributed by atoms with E-state index in [1.165, 1.54) is 28.5 Å². The Morgan fingerprint density at radius 1 is 1.05 bits per heavy atom. The van der Waals surface area contributed by atoms with Gasteiger partial charge in [0, 0.05) is 49.1 Å². The number of carbonyl (C=O) groups is 6. The Morgan fingerprint density at radius 2 is 1.73 bits per heavy atom. The van der Waals surface area contributed by atoms with Crippen LogP contribution in [0.5, 0.6) is 0 Å². The van der Waals surface area contributed by atoms with Crippen molar-refractivity contribution in [2.45, 2.75) is 144 Å². The van der Waals surface area contributed by atoms with E-state index in [1.807, 2.05) is 32.2 Å². The quantitative estimate of drug-likeness (QED) is 0.0478. The molecule has 0 aromatic carbocycles. The number of aromatic nitrogens is 1. The summed E-state index contributed by atoms with van der Waals surface area (Å²) in [5.41, 5.74) is 0.0526. The van der Waals surface area contributed by atoms with Gasteiger partial charge < -0.3 is 39.4 Å². The van der Waals surface area contributed by atoms with Crippen LogP contribution in [-0.2, 0) is 47.7 Å². The van der Waals surface area contributed by atoms with Gasteiger partial charge in [0.2, 0.25) is 5.91 Å². The second-order valence-corrected chi connectivity index (χ2v) is 21.4. The van der Waals surface area contributed by atoms with Crippen LogP contribution in [0.25, 0.3) is 6.08 Å². The SMILES string of the molecule is CC(=O)CCOCCOCCC(=O)C[C@H](C)C(=O)OCCSSCCNC(=O)O[C@H]1[C@@H](C)CCC[C@@]2(C)O[C@H]2C[C@@H](/C(C)=C/c2csc(C)n2)NC(=O)C[C@H](O)C(C)(C)C(=O)[C@@H]1C. The van der Waals surface area contributed by atoms with Gasteiger partial charge in [-0.15, -0.1) is 11.3 Å². The number of aliphatic hydroxyl groups excluding tert-OH is 1. The Balaban J connectivity index is 1.43. The predicted molar refractivity (Wildman–Crippen MR) is 246 cm³/mol. The molecule has 3 rings (SSSR count). The summed E-state index contributed by atoms with van der Waals surface area (Å²) in [6.45, 7) is 17.8. The number of ether oxygens (including phenoxy) is 5. The van der Waals surface area contributed by atoms with E-state index in [0.29, 0.717) is 57.1 Å². The number of alkyl carbamates (subject to hydrolysis) is 1. The van der Waals surface area contributed by atoms with Crippen LogP contribution < -0.4 is 10.6 Å². The fraction of sp³-hybridized carbons (Fsp3) is 0.756. The fourth-order valence-corrected chi connectivity index (χ4v) is 9.75. The van der Waals surface area contributed by atoms with Crippen LogP contribution in [-0.4, -0.2) is 126 Å². The van der Waals surface area contributed by atoms with Gasteiger partial charge in [-0.1, -0.05) is 62.6 Å². The highest BCUT2D eigenvalue weighted by Crippen LogP contribution is 2.45. The maximum absolute atomic E-state index is 14.1. The molecule has 0 saturated carbocycles. The first-order valence-corrected chi connectivity index (χ1v) is 25.4. The molecule has 0 spiro atoms. The number of aliphatic hydroxyl groups is 1. The van der Waals surface area contributed by atoms with Gasteiger partial charge in [-0.25, -0.2) is 9.78 Å². The first-order valence-electron chi connectivity index (χ1n) is 22.1. The lowest BCUT2D eigenvalue weighted by molar-refractivity contribution is -0.149. The molecule has 2 fully saturated rings. The van der Waals surface area contributed by atoms with E-state index < -0.39 is 41.5 Å². The van der Waals surface area contributed by atoms with Gasteiger partial charge in [-0.05, 0) is 58.1 Å². The minimum absolute atomic E-state index is 0.0605. The van der Waals surface area contributed by atoms with E-state index in [9.17, 15) is 33.9 Å². The molecule has 0 radical (unpaired) electrons. The number of ketones is 3. The lowest BCUT2D eigenvalue weighted by Crippen LogP contribution is -2.48. The molecule has 3 heterocycles. The highest BCUT2D eigenvalue weighted by Gasteiger charge is 2.52. The number of hydrogen-bond acceptors (Lipinski definition) is 16. The van der Waals surface area contributed by atoms with Gasteiger partial charge in [-0.3, -0.25) is 24.0 Å². The van der Waals surface area contributed by atoms with E-state index in [1.54, 1.807) is 39.0 Å². The van der Waals surface area contributed by atoms with Crippen LogP contribution in [0.3, 0.4) is 0 Å². The summed E-state index contributed by atoms with van der Waals surface area (Å²) in [7, 11) is 2.97. The van der Waals surface area contributed by atoms with Crippen LogP contribution >= 0.6 is 32.9 Å². The third-order valence-corrected chi connectivity index (χ3v) is 14.8. The zero-order chi connectivity index (χ0) is 46.7.